The number of carbonyl (C=O) groups is 2. The summed E-state index contributed by atoms with van der Waals surface area (Å²) in [5.41, 5.74) is 1.23. The summed E-state index contributed by atoms with van der Waals surface area (Å²) in [6, 6.07) is 7.28. The minimum atomic E-state index is -0.537. The van der Waals surface area contributed by atoms with Crippen LogP contribution in [0.3, 0.4) is 0 Å². The molecule has 0 bridgehead atoms. The molecule has 1 aromatic carbocycles. The van der Waals surface area contributed by atoms with Crippen molar-refractivity contribution in [2.75, 3.05) is 0 Å². The number of oxazole rings is 1. The van der Waals surface area contributed by atoms with Gasteiger partial charge in [0.2, 0.25) is 5.78 Å². The summed E-state index contributed by atoms with van der Waals surface area (Å²) in [4.78, 5) is 40.2. The molecule has 0 radical (unpaired) electrons. The van der Waals surface area contributed by atoms with Crippen LogP contribution in [0.5, 0.6) is 0 Å². The van der Waals surface area contributed by atoms with Crippen molar-refractivity contribution in [2.45, 2.75) is 38.1 Å². The van der Waals surface area contributed by atoms with Crippen molar-refractivity contribution in [3.8, 4) is 17.5 Å². The number of carbonyl (C=O) groups excluding carboxylic acids is 2. The maximum Gasteiger partial charge on any atom is 0.280 e. The van der Waals surface area contributed by atoms with E-state index < -0.39 is 6.04 Å². The van der Waals surface area contributed by atoms with Gasteiger partial charge in [0.1, 0.15) is 24.0 Å². The molecule has 3 heterocycles. The van der Waals surface area contributed by atoms with Crippen LogP contribution in [0.1, 0.15) is 70.0 Å². The van der Waals surface area contributed by atoms with E-state index in [2.05, 4.69) is 31.3 Å². The number of H-pyrrole nitrogens is 1. The van der Waals surface area contributed by atoms with Crippen molar-refractivity contribution in [1.29, 1.82) is 5.26 Å². The highest BCUT2D eigenvalue weighted by molar-refractivity contribution is 7.11. The highest BCUT2D eigenvalue weighted by atomic mass is 32.1. The van der Waals surface area contributed by atoms with E-state index in [0.717, 1.165) is 6.42 Å². The SMILES string of the molecule is N#Cc1nc(-c2ccc(F)cc2)[nH]c1[C@H](CCCCCC(=O)c1ncco1)NC(=O)c1nccs1. The highest BCUT2D eigenvalue weighted by Crippen LogP contribution is 2.26. The topological polar surface area (TPSA) is 138 Å². The number of aromatic nitrogens is 4. The number of hydrogen-bond donors (Lipinski definition) is 2. The van der Waals surface area contributed by atoms with E-state index in [-0.39, 0.29) is 29.1 Å². The zero-order valence-electron chi connectivity index (χ0n) is 18.5. The molecule has 178 valence electrons. The Morgan fingerprint density at radius 1 is 1.17 bits per heavy atom. The zero-order valence-corrected chi connectivity index (χ0v) is 19.3. The van der Waals surface area contributed by atoms with Gasteiger partial charge in [-0.1, -0.05) is 12.8 Å². The lowest BCUT2D eigenvalue weighted by atomic mass is 10.0. The maximum atomic E-state index is 13.3. The number of Topliss-reactive ketones (excluding diaryl/α,β-unsaturated/α-hetero) is 1. The van der Waals surface area contributed by atoms with Crippen molar-refractivity contribution in [1.82, 2.24) is 25.3 Å². The number of nitrogens with one attached hydrogen (secondary N) is 2. The van der Waals surface area contributed by atoms with E-state index in [0.29, 0.717) is 47.8 Å². The first-order valence-corrected chi connectivity index (χ1v) is 11.8. The molecule has 4 rings (SSSR count). The van der Waals surface area contributed by atoms with Gasteiger partial charge in [0.25, 0.3) is 11.8 Å². The van der Waals surface area contributed by atoms with E-state index in [4.69, 9.17) is 4.42 Å². The number of nitrogens with zero attached hydrogens (tertiary/aromatic N) is 4. The average molecular weight is 493 g/mol. The number of rotatable bonds is 11. The third-order valence-corrected chi connectivity index (χ3v) is 6.08. The fraction of sp³-hybridized carbons (Fsp3) is 0.250. The Morgan fingerprint density at radius 3 is 2.69 bits per heavy atom. The minimum Gasteiger partial charge on any atom is -0.442 e. The molecule has 1 atom stereocenters. The third-order valence-electron chi connectivity index (χ3n) is 5.30. The number of thiazole rings is 1. The van der Waals surface area contributed by atoms with E-state index in [1.54, 1.807) is 23.7 Å². The van der Waals surface area contributed by atoms with Crippen molar-refractivity contribution >= 4 is 23.0 Å². The number of imidazole rings is 1. The zero-order chi connectivity index (χ0) is 24.6. The van der Waals surface area contributed by atoms with Crippen LogP contribution in [-0.4, -0.2) is 31.6 Å². The number of amides is 1. The largest absolute Gasteiger partial charge is 0.442 e. The Kier molecular flexibility index (Phi) is 7.74. The average Bonchev–Trinajstić information content (AvgIpc) is 3.65. The summed E-state index contributed by atoms with van der Waals surface area (Å²) in [6.45, 7) is 0. The molecule has 0 saturated carbocycles. The fourth-order valence-electron chi connectivity index (χ4n) is 3.59. The van der Waals surface area contributed by atoms with E-state index >= 15 is 0 Å². The van der Waals surface area contributed by atoms with Gasteiger partial charge in [0, 0.05) is 23.6 Å². The number of ketones is 1. The van der Waals surface area contributed by atoms with Crippen LogP contribution >= 0.6 is 11.3 Å². The Labute approximate surface area is 204 Å². The second-order valence-corrected chi connectivity index (χ2v) is 8.58. The Bertz CT molecular complexity index is 1310. The number of halogens is 1. The normalized spacial score (nSPS) is 11.7. The van der Waals surface area contributed by atoms with Crippen molar-refractivity contribution in [2.24, 2.45) is 0 Å². The molecule has 11 heteroatoms. The van der Waals surface area contributed by atoms with Gasteiger partial charge in [-0.3, -0.25) is 9.59 Å². The van der Waals surface area contributed by atoms with E-state index in [9.17, 15) is 19.2 Å². The molecule has 0 fully saturated rings. The molecule has 0 saturated heterocycles. The first kappa shape index (κ1) is 24.0. The van der Waals surface area contributed by atoms with Gasteiger partial charge in [0.05, 0.1) is 17.9 Å². The predicted octanol–water partition coefficient (Wildman–Crippen LogP) is 4.84. The van der Waals surface area contributed by atoms with Crippen LogP contribution in [0, 0.1) is 17.1 Å². The number of aromatic amines is 1. The standard InChI is InChI=1S/C24H21FN6O3S/c25-16-8-6-15(7-9-16)21-29-18(14-26)20(31-21)17(30-22(33)24-28-11-13-35-24)4-2-1-3-5-19(32)23-27-10-12-34-23/h6-13,17H,1-5H2,(H,29,31)(H,30,33)/t17-/m0/s1. The third kappa shape index (κ3) is 6.04. The molecule has 35 heavy (non-hydrogen) atoms. The van der Waals surface area contributed by atoms with Gasteiger partial charge in [-0.05, 0) is 37.1 Å². The predicted molar refractivity (Wildman–Crippen MR) is 125 cm³/mol. The van der Waals surface area contributed by atoms with Gasteiger partial charge >= 0.3 is 0 Å². The second kappa shape index (κ2) is 11.3. The number of nitriles is 1. The van der Waals surface area contributed by atoms with Gasteiger partial charge < -0.3 is 14.7 Å². The van der Waals surface area contributed by atoms with Crippen molar-refractivity contribution < 1.29 is 18.4 Å². The van der Waals surface area contributed by atoms with Crippen molar-refractivity contribution in [3.63, 3.8) is 0 Å². The van der Waals surface area contributed by atoms with Gasteiger partial charge in [-0.25, -0.2) is 19.3 Å². The molecule has 0 aliphatic carbocycles. The molecule has 0 unspecified atom stereocenters. The van der Waals surface area contributed by atoms with Crippen LogP contribution in [0.2, 0.25) is 0 Å². The molecular weight excluding hydrogens is 471 g/mol. The molecule has 3 aromatic heterocycles. The summed E-state index contributed by atoms with van der Waals surface area (Å²) in [7, 11) is 0. The van der Waals surface area contributed by atoms with Crippen molar-refractivity contribution in [3.05, 3.63) is 76.4 Å². The number of hydrogen-bond acceptors (Lipinski definition) is 8. The van der Waals surface area contributed by atoms with Crippen LogP contribution < -0.4 is 5.32 Å². The van der Waals surface area contributed by atoms with Crippen LogP contribution in [0.4, 0.5) is 4.39 Å². The second-order valence-electron chi connectivity index (χ2n) is 7.69. The molecule has 0 aliphatic rings. The Hall–Kier alpha value is -4.17. The number of unbranched alkanes of at least 4 members (excludes halogenated alkanes) is 2. The van der Waals surface area contributed by atoms with Gasteiger partial charge in [-0.15, -0.1) is 11.3 Å². The fourth-order valence-corrected chi connectivity index (χ4v) is 4.13. The molecular formula is C24H21FN6O3S. The lowest BCUT2D eigenvalue weighted by Gasteiger charge is -2.17. The smallest absolute Gasteiger partial charge is 0.280 e. The highest BCUT2D eigenvalue weighted by Gasteiger charge is 2.24. The first-order chi connectivity index (χ1) is 17.0. The maximum absolute atomic E-state index is 13.3. The Balaban J connectivity index is 1.47. The summed E-state index contributed by atoms with van der Waals surface area (Å²) < 4.78 is 18.3. The molecule has 2 N–H and O–H groups in total. The molecule has 1 amide bonds. The van der Waals surface area contributed by atoms with E-state index in [1.165, 1.54) is 35.9 Å². The molecule has 9 nitrogen and oxygen atoms in total. The summed E-state index contributed by atoms with van der Waals surface area (Å²) in [6.07, 6.45) is 7.17. The van der Waals surface area contributed by atoms with Gasteiger partial charge in [-0.2, -0.15) is 5.26 Å². The molecule has 4 aromatic rings. The Morgan fingerprint density at radius 2 is 2.00 bits per heavy atom. The summed E-state index contributed by atoms with van der Waals surface area (Å²) >= 11 is 1.21. The van der Waals surface area contributed by atoms with E-state index in [1.807, 2.05) is 0 Å². The van der Waals surface area contributed by atoms with Gasteiger partial charge in [0.15, 0.2) is 10.7 Å². The molecule has 0 spiro atoms. The summed E-state index contributed by atoms with van der Waals surface area (Å²) in [5, 5.41) is 14.6. The summed E-state index contributed by atoms with van der Waals surface area (Å²) in [5.74, 6) is -0.389. The monoisotopic (exact) mass is 492 g/mol. The first-order valence-electron chi connectivity index (χ1n) is 10.9. The van der Waals surface area contributed by atoms with Crippen LogP contribution in [0.15, 0.2) is 52.7 Å². The number of benzene rings is 1. The lowest BCUT2D eigenvalue weighted by molar-refractivity contribution is 0.0931. The molecule has 0 aliphatic heterocycles. The minimum absolute atomic E-state index is 0.100. The lowest BCUT2D eigenvalue weighted by Crippen LogP contribution is -2.29. The quantitative estimate of drug-likeness (QED) is 0.226. The van der Waals surface area contributed by atoms with Crippen LogP contribution in [0.25, 0.3) is 11.4 Å². The van der Waals surface area contributed by atoms with Crippen LogP contribution in [-0.2, 0) is 0 Å².